The number of benzene rings is 1. The number of halogens is 1. The zero-order valence-electron chi connectivity index (χ0n) is 8.73. The van der Waals surface area contributed by atoms with Crippen molar-refractivity contribution in [2.45, 2.75) is 0 Å². The summed E-state index contributed by atoms with van der Waals surface area (Å²) in [5.41, 5.74) is 0.800. The zero-order chi connectivity index (χ0) is 11.7. The lowest BCUT2D eigenvalue weighted by Crippen LogP contribution is -2.25. The predicted octanol–water partition coefficient (Wildman–Crippen LogP) is 2.22. The van der Waals surface area contributed by atoms with Crippen LogP contribution < -0.4 is 0 Å². The topological polar surface area (TPSA) is 55.6 Å². The Morgan fingerprint density at radius 1 is 1.56 bits per heavy atom. The Morgan fingerprint density at radius 3 is 3.00 bits per heavy atom. The molecule has 0 bridgehead atoms. The highest BCUT2D eigenvalue weighted by Crippen LogP contribution is 2.23. The van der Waals surface area contributed by atoms with Crippen LogP contribution in [-0.2, 0) is 4.84 Å². The summed E-state index contributed by atoms with van der Waals surface area (Å²) in [6.45, 7) is 0. The van der Waals surface area contributed by atoms with Crippen LogP contribution in [0.2, 0.25) is 0 Å². The van der Waals surface area contributed by atoms with Crippen molar-refractivity contribution < 1.29 is 14.2 Å². The van der Waals surface area contributed by atoms with Gasteiger partial charge in [0.1, 0.15) is 0 Å². The molecule has 0 unspecified atom stereocenters. The summed E-state index contributed by atoms with van der Waals surface area (Å²) in [5, 5.41) is 5.50. The Labute approximate surface area is 100 Å². The molecule has 0 radical (unpaired) electrons. The van der Waals surface area contributed by atoms with E-state index in [9.17, 15) is 4.79 Å². The van der Waals surface area contributed by atoms with Crippen molar-refractivity contribution in [3.05, 3.63) is 28.4 Å². The molecule has 2 aromatic rings. The Hall–Kier alpha value is -1.40. The van der Waals surface area contributed by atoms with Crippen LogP contribution in [0.5, 0.6) is 0 Å². The highest BCUT2D eigenvalue weighted by atomic mass is 79.9. The Bertz CT molecular complexity index is 538. The van der Waals surface area contributed by atoms with Gasteiger partial charge < -0.3 is 4.52 Å². The van der Waals surface area contributed by atoms with Gasteiger partial charge in [-0.25, -0.2) is 5.06 Å². The average molecular weight is 285 g/mol. The van der Waals surface area contributed by atoms with Crippen LogP contribution in [0.1, 0.15) is 10.5 Å². The molecule has 84 valence electrons. The second-order valence-electron chi connectivity index (χ2n) is 3.16. The maximum atomic E-state index is 11.8. The van der Waals surface area contributed by atoms with Gasteiger partial charge in [-0.05, 0) is 18.2 Å². The van der Waals surface area contributed by atoms with Crippen molar-refractivity contribution in [2.24, 2.45) is 0 Å². The second kappa shape index (κ2) is 4.23. The maximum Gasteiger partial charge on any atom is 0.299 e. The molecule has 5 nitrogen and oxygen atoms in total. The zero-order valence-corrected chi connectivity index (χ0v) is 10.3. The molecule has 16 heavy (non-hydrogen) atoms. The fraction of sp³-hybridized carbons (Fsp3) is 0.200. The van der Waals surface area contributed by atoms with Crippen LogP contribution in [0.25, 0.3) is 11.0 Å². The van der Waals surface area contributed by atoms with E-state index in [-0.39, 0.29) is 11.6 Å². The van der Waals surface area contributed by atoms with Gasteiger partial charge in [0.25, 0.3) is 5.91 Å². The van der Waals surface area contributed by atoms with Gasteiger partial charge in [-0.1, -0.05) is 21.1 Å². The summed E-state index contributed by atoms with van der Waals surface area (Å²) in [7, 11) is 2.93. The number of hydrogen-bond acceptors (Lipinski definition) is 4. The molecule has 0 fully saturated rings. The first-order valence-electron chi connectivity index (χ1n) is 4.50. The largest absolute Gasteiger partial charge is 0.355 e. The van der Waals surface area contributed by atoms with E-state index in [1.54, 1.807) is 12.1 Å². The summed E-state index contributed by atoms with van der Waals surface area (Å²) in [5.74, 6) is -0.344. The lowest BCUT2D eigenvalue weighted by atomic mass is 10.2. The highest BCUT2D eigenvalue weighted by Gasteiger charge is 2.19. The number of hydroxylamine groups is 2. The van der Waals surface area contributed by atoms with Gasteiger partial charge in [-0.2, -0.15) is 0 Å². The average Bonchev–Trinajstić information content (AvgIpc) is 2.69. The minimum atomic E-state index is -0.344. The van der Waals surface area contributed by atoms with Gasteiger partial charge in [-0.15, -0.1) is 0 Å². The molecular formula is C10H9BrN2O3. The molecule has 0 N–H and O–H groups in total. The third kappa shape index (κ3) is 1.81. The minimum Gasteiger partial charge on any atom is -0.355 e. The number of fused-ring (bicyclic) bond motifs is 1. The first kappa shape index (κ1) is 11.1. The summed E-state index contributed by atoms with van der Waals surface area (Å²) in [6.07, 6.45) is 0. The molecule has 0 saturated carbocycles. The predicted molar refractivity (Wildman–Crippen MR) is 60.8 cm³/mol. The lowest BCUT2D eigenvalue weighted by Gasteiger charge is -2.11. The maximum absolute atomic E-state index is 11.8. The molecule has 1 heterocycles. The van der Waals surface area contributed by atoms with E-state index in [2.05, 4.69) is 21.1 Å². The molecule has 0 atom stereocenters. The number of rotatable bonds is 2. The van der Waals surface area contributed by atoms with Gasteiger partial charge in [0.05, 0.1) is 12.5 Å². The van der Waals surface area contributed by atoms with Crippen LogP contribution in [0.15, 0.2) is 27.2 Å². The molecule has 0 aliphatic heterocycles. The van der Waals surface area contributed by atoms with Crippen LogP contribution in [-0.4, -0.2) is 30.3 Å². The van der Waals surface area contributed by atoms with E-state index in [4.69, 9.17) is 9.36 Å². The summed E-state index contributed by atoms with van der Waals surface area (Å²) < 4.78 is 5.93. The van der Waals surface area contributed by atoms with Crippen molar-refractivity contribution in [3.8, 4) is 0 Å². The summed E-state index contributed by atoms with van der Waals surface area (Å²) in [6, 6.07) is 5.35. The first-order chi connectivity index (χ1) is 7.63. The van der Waals surface area contributed by atoms with Crippen LogP contribution in [0.3, 0.4) is 0 Å². The molecule has 0 aliphatic rings. The molecule has 1 aromatic carbocycles. The first-order valence-corrected chi connectivity index (χ1v) is 5.30. The van der Waals surface area contributed by atoms with Gasteiger partial charge in [0.2, 0.25) is 0 Å². The number of carbonyl (C=O) groups excluding carboxylic acids is 1. The highest BCUT2D eigenvalue weighted by molar-refractivity contribution is 9.10. The van der Waals surface area contributed by atoms with E-state index in [1.807, 2.05) is 6.07 Å². The monoisotopic (exact) mass is 284 g/mol. The van der Waals surface area contributed by atoms with Gasteiger partial charge in [-0.3, -0.25) is 9.63 Å². The standard InChI is InChI=1S/C10H9BrN2O3/c1-13(15-2)10(14)9-7-4-3-6(11)5-8(7)16-12-9/h3-5H,1-2H3. The quantitative estimate of drug-likeness (QED) is 0.794. The van der Waals surface area contributed by atoms with Crippen molar-refractivity contribution in [2.75, 3.05) is 14.2 Å². The van der Waals surface area contributed by atoms with Crippen molar-refractivity contribution >= 4 is 32.8 Å². The van der Waals surface area contributed by atoms with Crippen molar-refractivity contribution in [1.29, 1.82) is 0 Å². The molecule has 0 aliphatic carbocycles. The van der Waals surface area contributed by atoms with E-state index < -0.39 is 0 Å². The summed E-state index contributed by atoms with van der Waals surface area (Å²) >= 11 is 3.31. The number of hydrogen-bond donors (Lipinski definition) is 0. The van der Waals surface area contributed by atoms with Gasteiger partial charge >= 0.3 is 0 Å². The lowest BCUT2D eigenvalue weighted by molar-refractivity contribution is -0.0761. The fourth-order valence-corrected chi connectivity index (χ4v) is 1.64. The van der Waals surface area contributed by atoms with Gasteiger partial charge in [0.15, 0.2) is 11.3 Å². The van der Waals surface area contributed by atoms with Crippen molar-refractivity contribution in [3.63, 3.8) is 0 Å². The molecule has 0 spiro atoms. The second-order valence-corrected chi connectivity index (χ2v) is 4.07. The smallest absolute Gasteiger partial charge is 0.299 e. The molecular weight excluding hydrogens is 276 g/mol. The van der Waals surface area contributed by atoms with Crippen molar-refractivity contribution in [1.82, 2.24) is 10.2 Å². The Kier molecular flexibility index (Phi) is 2.93. The Morgan fingerprint density at radius 2 is 2.31 bits per heavy atom. The van der Waals surface area contributed by atoms with Gasteiger partial charge in [0, 0.05) is 11.5 Å². The summed E-state index contributed by atoms with van der Waals surface area (Å²) in [4.78, 5) is 16.6. The van der Waals surface area contributed by atoms with E-state index in [0.29, 0.717) is 11.0 Å². The van der Waals surface area contributed by atoms with Crippen LogP contribution in [0.4, 0.5) is 0 Å². The van der Waals surface area contributed by atoms with E-state index >= 15 is 0 Å². The van der Waals surface area contributed by atoms with E-state index in [0.717, 1.165) is 9.54 Å². The Balaban J connectivity index is 2.50. The SMILES string of the molecule is CON(C)C(=O)c1noc2cc(Br)ccc12. The molecule has 1 aromatic heterocycles. The fourth-order valence-electron chi connectivity index (χ4n) is 1.30. The number of carbonyl (C=O) groups is 1. The third-order valence-electron chi connectivity index (χ3n) is 2.20. The minimum absolute atomic E-state index is 0.242. The van der Waals surface area contributed by atoms with Crippen LogP contribution in [0, 0.1) is 0 Å². The normalized spacial score (nSPS) is 10.7. The molecule has 2 rings (SSSR count). The van der Waals surface area contributed by atoms with Crippen LogP contribution >= 0.6 is 15.9 Å². The number of amides is 1. The molecule has 6 heteroatoms. The molecule has 0 saturated heterocycles. The number of aromatic nitrogens is 1. The number of nitrogens with zero attached hydrogens (tertiary/aromatic N) is 2. The van der Waals surface area contributed by atoms with E-state index in [1.165, 1.54) is 14.2 Å². The molecule has 1 amide bonds. The third-order valence-corrected chi connectivity index (χ3v) is 2.69.